The van der Waals surface area contributed by atoms with Crippen molar-refractivity contribution in [2.75, 3.05) is 44.7 Å². The first-order valence-electron chi connectivity index (χ1n) is 7.16. The second kappa shape index (κ2) is 7.33. The SMILES string of the molecule is CCCNC(=S)N1CCN(c2cccc(OC)c2)CC1. The summed E-state index contributed by atoms with van der Waals surface area (Å²) in [6.07, 6.45) is 1.10. The lowest BCUT2D eigenvalue weighted by atomic mass is 10.2. The molecule has 0 atom stereocenters. The van der Waals surface area contributed by atoms with Crippen LogP contribution >= 0.6 is 12.2 Å². The quantitative estimate of drug-likeness (QED) is 0.858. The van der Waals surface area contributed by atoms with Gasteiger partial charge in [0.2, 0.25) is 0 Å². The van der Waals surface area contributed by atoms with Crippen molar-refractivity contribution >= 4 is 23.0 Å². The van der Waals surface area contributed by atoms with Gasteiger partial charge in [-0.05, 0) is 30.8 Å². The molecule has 1 aromatic rings. The Morgan fingerprint density at radius 1 is 1.30 bits per heavy atom. The smallest absolute Gasteiger partial charge is 0.169 e. The number of hydrogen-bond donors (Lipinski definition) is 1. The van der Waals surface area contributed by atoms with E-state index in [1.165, 1.54) is 5.69 Å². The Morgan fingerprint density at radius 2 is 2.05 bits per heavy atom. The predicted octanol–water partition coefficient (Wildman–Crippen LogP) is 2.10. The molecule has 1 aliphatic rings. The molecule has 0 saturated carbocycles. The van der Waals surface area contributed by atoms with E-state index in [-0.39, 0.29) is 0 Å². The van der Waals surface area contributed by atoms with Crippen molar-refractivity contribution in [1.29, 1.82) is 0 Å². The fourth-order valence-electron chi connectivity index (χ4n) is 2.32. The number of anilines is 1. The fourth-order valence-corrected chi connectivity index (χ4v) is 2.60. The number of rotatable bonds is 4. The predicted molar refractivity (Wildman–Crippen MR) is 87.7 cm³/mol. The minimum Gasteiger partial charge on any atom is -0.497 e. The Kier molecular flexibility index (Phi) is 5.47. The van der Waals surface area contributed by atoms with E-state index in [4.69, 9.17) is 17.0 Å². The molecule has 0 radical (unpaired) electrons. The van der Waals surface area contributed by atoms with E-state index in [2.05, 4.69) is 34.2 Å². The zero-order valence-electron chi connectivity index (χ0n) is 12.3. The van der Waals surface area contributed by atoms with Crippen molar-refractivity contribution in [1.82, 2.24) is 10.2 Å². The first-order chi connectivity index (χ1) is 9.74. The molecular formula is C15H23N3OS. The third kappa shape index (κ3) is 3.76. The highest BCUT2D eigenvalue weighted by Gasteiger charge is 2.19. The summed E-state index contributed by atoms with van der Waals surface area (Å²) in [4.78, 5) is 4.63. The van der Waals surface area contributed by atoms with Crippen molar-refractivity contribution in [3.05, 3.63) is 24.3 Å². The molecule has 0 unspecified atom stereocenters. The van der Waals surface area contributed by atoms with Gasteiger partial charge in [0, 0.05) is 44.5 Å². The Bertz CT molecular complexity index is 444. The summed E-state index contributed by atoms with van der Waals surface area (Å²) in [5.74, 6) is 0.907. The van der Waals surface area contributed by atoms with Crippen LogP contribution in [-0.4, -0.2) is 49.8 Å². The Morgan fingerprint density at radius 3 is 2.70 bits per heavy atom. The third-order valence-electron chi connectivity index (χ3n) is 3.51. The molecule has 110 valence electrons. The maximum absolute atomic E-state index is 5.41. The number of benzene rings is 1. The molecule has 0 bridgehead atoms. The van der Waals surface area contributed by atoms with Crippen LogP contribution in [0.5, 0.6) is 5.75 Å². The highest BCUT2D eigenvalue weighted by atomic mass is 32.1. The van der Waals surface area contributed by atoms with Crippen LogP contribution in [0.2, 0.25) is 0 Å². The molecule has 1 aliphatic heterocycles. The zero-order chi connectivity index (χ0) is 14.4. The van der Waals surface area contributed by atoms with E-state index in [0.29, 0.717) is 0 Å². The fraction of sp³-hybridized carbons (Fsp3) is 0.533. The van der Waals surface area contributed by atoms with E-state index in [9.17, 15) is 0 Å². The van der Waals surface area contributed by atoms with E-state index in [0.717, 1.165) is 50.0 Å². The molecule has 20 heavy (non-hydrogen) atoms. The molecule has 2 rings (SSSR count). The van der Waals surface area contributed by atoms with Gasteiger partial charge < -0.3 is 19.9 Å². The van der Waals surface area contributed by atoms with Crippen LogP contribution in [0, 0.1) is 0 Å². The van der Waals surface area contributed by atoms with Crippen LogP contribution in [0.15, 0.2) is 24.3 Å². The minimum atomic E-state index is 0.886. The number of thiocarbonyl (C=S) groups is 1. The Labute approximate surface area is 126 Å². The largest absolute Gasteiger partial charge is 0.497 e. The van der Waals surface area contributed by atoms with E-state index in [1.54, 1.807) is 7.11 Å². The standard InChI is InChI=1S/C15H23N3OS/c1-3-7-16-15(20)18-10-8-17(9-11-18)13-5-4-6-14(12-13)19-2/h4-6,12H,3,7-11H2,1-2H3,(H,16,20). The second-order valence-corrected chi connectivity index (χ2v) is 5.29. The maximum atomic E-state index is 5.41. The van der Waals surface area contributed by atoms with Gasteiger partial charge in [0.05, 0.1) is 7.11 Å². The molecule has 0 aliphatic carbocycles. The van der Waals surface area contributed by atoms with Crippen LogP contribution in [0.3, 0.4) is 0 Å². The third-order valence-corrected chi connectivity index (χ3v) is 3.91. The van der Waals surface area contributed by atoms with Gasteiger partial charge >= 0.3 is 0 Å². The van der Waals surface area contributed by atoms with E-state index < -0.39 is 0 Å². The first kappa shape index (κ1) is 14.9. The zero-order valence-corrected chi connectivity index (χ0v) is 13.1. The molecule has 5 heteroatoms. The number of nitrogens with zero attached hydrogens (tertiary/aromatic N) is 2. The number of ether oxygens (including phenoxy) is 1. The monoisotopic (exact) mass is 293 g/mol. The number of hydrogen-bond acceptors (Lipinski definition) is 3. The number of methoxy groups -OCH3 is 1. The van der Waals surface area contributed by atoms with Crippen LogP contribution in [0.1, 0.15) is 13.3 Å². The van der Waals surface area contributed by atoms with E-state index in [1.807, 2.05) is 12.1 Å². The van der Waals surface area contributed by atoms with Crippen molar-refractivity contribution in [3.8, 4) is 5.75 Å². The topological polar surface area (TPSA) is 27.7 Å². The molecule has 0 spiro atoms. The minimum absolute atomic E-state index is 0.886. The summed E-state index contributed by atoms with van der Waals surface area (Å²) in [7, 11) is 1.70. The van der Waals surface area contributed by atoms with Crippen LogP contribution < -0.4 is 15.0 Å². The maximum Gasteiger partial charge on any atom is 0.169 e. The van der Waals surface area contributed by atoms with Crippen LogP contribution in [0.25, 0.3) is 0 Å². The Balaban J connectivity index is 1.88. The average molecular weight is 293 g/mol. The highest BCUT2D eigenvalue weighted by Crippen LogP contribution is 2.22. The lowest BCUT2D eigenvalue weighted by Crippen LogP contribution is -2.51. The van der Waals surface area contributed by atoms with Gasteiger partial charge in [-0.25, -0.2) is 0 Å². The Hall–Kier alpha value is -1.49. The van der Waals surface area contributed by atoms with Gasteiger partial charge in [0.1, 0.15) is 5.75 Å². The van der Waals surface area contributed by atoms with Gasteiger partial charge in [-0.2, -0.15) is 0 Å². The van der Waals surface area contributed by atoms with Crippen LogP contribution in [-0.2, 0) is 0 Å². The highest BCUT2D eigenvalue weighted by molar-refractivity contribution is 7.80. The molecule has 1 saturated heterocycles. The van der Waals surface area contributed by atoms with Crippen LogP contribution in [0.4, 0.5) is 5.69 Å². The first-order valence-corrected chi connectivity index (χ1v) is 7.57. The van der Waals surface area contributed by atoms with Gasteiger partial charge in [0.15, 0.2) is 5.11 Å². The van der Waals surface area contributed by atoms with Crippen molar-refractivity contribution in [2.45, 2.75) is 13.3 Å². The lowest BCUT2D eigenvalue weighted by molar-refractivity contribution is 0.379. The van der Waals surface area contributed by atoms with Crippen molar-refractivity contribution in [3.63, 3.8) is 0 Å². The van der Waals surface area contributed by atoms with Gasteiger partial charge in [-0.1, -0.05) is 13.0 Å². The molecule has 1 aromatic carbocycles. The summed E-state index contributed by atoms with van der Waals surface area (Å²) >= 11 is 5.41. The molecule has 4 nitrogen and oxygen atoms in total. The molecule has 1 fully saturated rings. The van der Waals surface area contributed by atoms with Gasteiger partial charge in [-0.15, -0.1) is 0 Å². The molecule has 0 aromatic heterocycles. The summed E-state index contributed by atoms with van der Waals surface area (Å²) in [6.45, 7) is 7.01. The summed E-state index contributed by atoms with van der Waals surface area (Å²) in [6, 6.07) is 8.23. The van der Waals surface area contributed by atoms with Crippen molar-refractivity contribution < 1.29 is 4.74 Å². The molecule has 0 amide bonds. The van der Waals surface area contributed by atoms with Crippen molar-refractivity contribution in [2.24, 2.45) is 0 Å². The molecular weight excluding hydrogens is 270 g/mol. The van der Waals surface area contributed by atoms with E-state index >= 15 is 0 Å². The average Bonchev–Trinajstić information content (AvgIpc) is 2.52. The lowest BCUT2D eigenvalue weighted by Gasteiger charge is -2.37. The second-order valence-electron chi connectivity index (χ2n) is 4.91. The number of nitrogens with one attached hydrogen (secondary N) is 1. The number of piperazine rings is 1. The molecule has 1 heterocycles. The normalized spacial score (nSPS) is 15.1. The summed E-state index contributed by atoms with van der Waals surface area (Å²) in [5, 5.41) is 4.18. The summed E-state index contributed by atoms with van der Waals surface area (Å²) < 4.78 is 5.28. The van der Waals surface area contributed by atoms with Gasteiger partial charge in [-0.3, -0.25) is 0 Å². The van der Waals surface area contributed by atoms with Gasteiger partial charge in [0.25, 0.3) is 0 Å². The molecule has 1 N–H and O–H groups in total. The summed E-state index contributed by atoms with van der Waals surface area (Å²) in [5.41, 5.74) is 1.22.